The predicted molar refractivity (Wildman–Crippen MR) is 128 cm³/mol. The zero-order valence-electron chi connectivity index (χ0n) is 18.8. The number of hydrogen-bond acceptors (Lipinski definition) is 9. The maximum absolute atomic E-state index is 12.8. The fourth-order valence-corrected chi connectivity index (χ4v) is 4.08. The van der Waals surface area contributed by atoms with Gasteiger partial charge in [0.1, 0.15) is 5.75 Å². The van der Waals surface area contributed by atoms with Crippen molar-refractivity contribution >= 4 is 35.5 Å². The van der Waals surface area contributed by atoms with E-state index in [1.54, 1.807) is 49.1 Å². The second-order valence-electron chi connectivity index (χ2n) is 7.07. The number of thioether (sulfide) groups is 1. The topological polar surface area (TPSA) is 105 Å². The Labute approximate surface area is 200 Å². The number of nitrogens with zero attached hydrogens (tertiary/aromatic N) is 4. The van der Waals surface area contributed by atoms with Gasteiger partial charge in [0.2, 0.25) is 5.16 Å². The molecule has 174 valence electrons. The van der Waals surface area contributed by atoms with Gasteiger partial charge in [-0.05, 0) is 55.0 Å². The summed E-state index contributed by atoms with van der Waals surface area (Å²) in [6, 6.07) is 14.1. The minimum atomic E-state index is -0.485. The molecule has 10 heteroatoms. The van der Waals surface area contributed by atoms with Gasteiger partial charge in [-0.15, -0.1) is 10.2 Å². The molecule has 2 heterocycles. The van der Waals surface area contributed by atoms with Crippen LogP contribution in [0.4, 0.5) is 0 Å². The first kappa shape index (κ1) is 23.2. The van der Waals surface area contributed by atoms with E-state index < -0.39 is 11.9 Å². The van der Waals surface area contributed by atoms with E-state index in [1.165, 1.54) is 18.9 Å². The smallest absolute Gasteiger partial charge is 0.340 e. The average Bonchev–Trinajstić information content (AvgIpc) is 3.30. The van der Waals surface area contributed by atoms with Crippen LogP contribution in [0.1, 0.15) is 22.8 Å². The van der Waals surface area contributed by atoms with Gasteiger partial charge in [-0.2, -0.15) is 9.78 Å². The summed E-state index contributed by atoms with van der Waals surface area (Å²) in [5, 5.41) is 13.8. The van der Waals surface area contributed by atoms with Crippen LogP contribution in [0.3, 0.4) is 0 Å². The van der Waals surface area contributed by atoms with E-state index >= 15 is 0 Å². The van der Waals surface area contributed by atoms with Crippen molar-refractivity contribution in [1.29, 1.82) is 0 Å². The maximum Gasteiger partial charge on any atom is 0.340 e. The summed E-state index contributed by atoms with van der Waals surface area (Å²) >= 11 is 1.43. The zero-order chi connectivity index (χ0) is 24.1. The van der Waals surface area contributed by atoms with Crippen LogP contribution in [0.25, 0.3) is 17.5 Å². The van der Waals surface area contributed by atoms with Gasteiger partial charge in [-0.25, -0.2) is 9.59 Å². The SMILES string of the molecule is CCOC(=O)C(=Cc1ccc(C(=O)OC)cc1)C1=Nn2c(nnc2-c2ccc(OC)cc2)SC1. The molecule has 3 aromatic rings. The Morgan fingerprint density at radius 2 is 1.79 bits per heavy atom. The highest BCUT2D eigenvalue weighted by Crippen LogP contribution is 2.30. The van der Waals surface area contributed by atoms with E-state index in [-0.39, 0.29) is 6.61 Å². The molecule has 0 radical (unpaired) electrons. The maximum atomic E-state index is 12.8. The lowest BCUT2D eigenvalue weighted by Crippen LogP contribution is -2.21. The molecule has 9 nitrogen and oxygen atoms in total. The summed E-state index contributed by atoms with van der Waals surface area (Å²) in [7, 11) is 2.93. The van der Waals surface area contributed by atoms with Crippen molar-refractivity contribution in [3.8, 4) is 17.1 Å². The van der Waals surface area contributed by atoms with Gasteiger partial charge in [0.25, 0.3) is 0 Å². The van der Waals surface area contributed by atoms with Crippen LogP contribution in [0.5, 0.6) is 5.75 Å². The molecule has 0 saturated carbocycles. The lowest BCUT2D eigenvalue weighted by atomic mass is 10.1. The highest BCUT2D eigenvalue weighted by Gasteiger charge is 2.25. The van der Waals surface area contributed by atoms with Crippen molar-refractivity contribution in [1.82, 2.24) is 14.9 Å². The molecule has 2 aromatic carbocycles. The Balaban J connectivity index is 1.72. The molecule has 1 aliphatic rings. The Hall–Kier alpha value is -3.92. The van der Waals surface area contributed by atoms with Crippen LogP contribution in [-0.4, -0.2) is 59.1 Å². The fraction of sp³-hybridized carbons (Fsp3) is 0.208. The Kier molecular flexibility index (Phi) is 7.07. The monoisotopic (exact) mass is 478 g/mol. The molecule has 0 aliphatic carbocycles. The van der Waals surface area contributed by atoms with Gasteiger partial charge < -0.3 is 14.2 Å². The van der Waals surface area contributed by atoms with Crippen molar-refractivity contribution in [3.05, 3.63) is 65.2 Å². The number of rotatable bonds is 7. The molecule has 1 aromatic heterocycles. The van der Waals surface area contributed by atoms with Crippen molar-refractivity contribution in [2.75, 3.05) is 26.6 Å². The number of carbonyl (C=O) groups is 2. The number of esters is 2. The summed E-state index contributed by atoms with van der Waals surface area (Å²) in [6.07, 6.45) is 1.70. The molecular formula is C24H22N4O5S. The third-order valence-corrected chi connectivity index (χ3v) is 5.90. The highest BCUT2D eigenvalue weighted by molar-refractivity contribution is 7.99. The molecule has 34 heavy (non-hydrogen) atoms. The lowest BCUT2D eigenvalue weighted by molar-refractivity contribution is -0.137. The molecule has 0 N–H and O–H groups in total. The molecule has 0 bridgehead atoms. The third kappa shape index (κ3) is 4.86. The number of ether oxygens (including phenoxy) is 3. The minimum absolute atomic E-state index is 0.229. The van der Waals surface area contributed by atoms with Crippen molar-refractivity contribution in [2.24, 2.45) is 5.10 Å². The molecule has 0 fully saturated rings. The van der Waals surface area contributed by atoms with Crippen molar-refractivity contribution in [3.63, 3.8) is 0 Å². The van der Waals surface area contributed by atoms with Crippen LogP contribution < -0.4 is 4.74 Å². The molecule has 0 saturated heterocycles. The van der Waals surface area contributed by atoms with Crippen LogP contribution in [0, 0.1) is 0 Å². The first-order valence-electron chi connectivity index (χ1n) is 10.4. The van der Waals surface area contributed by atoms with Crippen LogP contribution >= 0.6 is 11.8 Å². The standard InChI is InChI=1S/C24H22N4O5S/c1-4-33-23(30)19(13-15-5-7-17(8-6-15)22(29)32-3)20-14-34-24-26-25-21(28(24)27-20)16-9-11-18(31-2)12-10-16/h5-13H,4,14H2,1-3H3. The van der Waals surface area contributed by atoms with Gasteiger partial charge in [0.05, 0.1) is 37.7 Å². The van der Waals surface area contributed by atoms with E-state index in [2.05, 4.69) is 10.2 Å². The molecule has 0 unspecified atom stereocenters. The molecule has 0 spiro atoms. The Morgan fingerprint density at radius 3 is 2.44 bits per heavy atom. The van der Waals surface area contributed by atoms with Gasteiger partial charge in [-0.3, -0.25) is 0 Å². The first-order valence-corrected chi connectivity index (χ1v) is 11.4. The summed E-state index contributed by atoms with van der Waals surface area (Å²) in [5.41, 5.74) is 2.79. The van der Waals surface area contributed by atoms with Crippen LogP contribution in [-0.2, 0) is 14.3 Å². The third-order valence-electron chi connectivity index (χ3n) is 4.97. The normalized spacial score (nSPS) is 13.0. The van der Waals surface area contributed by atoms with Crippen LogP contribution in [0.2, 0.25) is 0 Å². The Bertz CT molecular complexity index is 1260. The second kappa shape index (κ2) is 10.3. The predicted octanol–water partition coefficient (Wildman–Crippen LogP) is 3.70. The van der Waals surface area contributed by atoms with E-state index in [9.17, 15) is 9.59 Å². The first-order chi connectivity index (χ1) is 16.5. The average molecular weight is 479 g/mol. The van der Waals surface area contributed by atoms with Crippen LogP contribution in [0.15, 0.2) is 64.4 Å². The zero-order valence-corrected chi connectivity index (χ0v) is 19.7. The van der Waals surface area contributed by atoms with E-state index in [4.69, 9.17) is 19.3 Å². The quantitative estimate of drug-likeness (QED) is 0.374. The summed E-state index contributed by atoms with van der Waals surface area (Å²) in [5.74, 6) is 0.785. The number of carbonyl (C=O) groups excluding carboxylic acids is 2. The number of hydrogen-bond donors (Lipinski definition) is 0. The second-order valence-corrected chi connectivity index (χ2v) is 8.02. The van der Waals surface area contributed by atoms with E-state index in [0.717, 1.165) is 11.3 Å². The molecule has 0 atom stereocenters. The number of aromatic nitrogens is 3. The number of methoxy groups -OCH3 is 2. The number of benzene rings is 2. The number of fused-ring (bicyclic) bond motifs is 1. The van der Waals surface area contributed by atoms with Gasteiger partial charge in [0.15, 0.2) is 5.82 Å². The van der Waals surface area contributed by atoms with Crippen molar-refractivity contribution in [2.45, 2.75) is 12.1 Å². The largest absolute Gasteiger partial charge is 0.497 e. The summed E-state index contributed by atoms with van der Waals surface area (Å²) in [4.78, 5) is 24.5. The van der Waals surface area contributed by atoms with Gasteiger partial charge >= 0.3 is 11.9 Å². The molecule has 1 aliphatic heterocycles. The molecular weight excluding hydrogens is 456 g/mol. The summed E-state index contributed by atoms with van der Waals surface area (Å²) < 4.78 is 16.9. The molecule has 0 amide bonds. The minimum Gasteiger partial charge on any atom is -0.497 e. The van der Waals surface area contributed by atoms with Gasteiger partial charge in [0, 0.05) is 11.3 Å². The van der Waals surface area contributed by atoms with E-state index in [0.29, 0.717) is 39.1 Å². The van der Waals surface area contributed by atoms with E-state index in [1.807, 2.05) is 24.3 Å². The highest BCUT2D eigenvalue weighted by atomic mass is 32.2. The molecule has 4 rings (SSSR count). The fourth-order valence-electron chi connectivity index (χ4n) is 3.25. The van der Waals surface area contributed by atoms with Gasteiger partial charge in [-0.1, -0.05) is 23.9 Å². The van der Waals surface area contributed by atoms with Crippen molar-refractivity contribution < 1.29 is 23.8 Å². The summed E-state index contributed by atoms with van der Waals surface area (Å²) in [6.45, 7) is 1.98. The lowest BCUT2D eigenvalue weighted by Gasteiger charge is -2.16. The Morgan fingerprint density at radius 1 is 1.06 bits per heavy atom.